The Bertz CT molecular complexity index is 627. The number of amides is 1. The Morgan fingerprint density at radius 2 is 2.24 bits per heavy atom. The average molecular weight is 292 g/mol. The molecule has 2 N–H and O–H groups in total. The van der Waals surface area contributed by atoms with Crippen LogP contribution in [0.4, 0.5) is 15.8 Å². The van der Waals surface area contributed by atoms with Gasteiger partial charge in [0.25, 0.3) is 0 Å². The van der Waals surface area contributed by atoms with Gasteiger partial charge in [-0.2, -0.15) is 0 Å². The molecule has 0 unspecified atom stereocenters. The summed E-state index contributed by atoms with van der Waals surface area (Å²) in [5.41, 5.74) is 0.812. The van der Waals surface area contributed by atoms with Crippen LogP contribution in [-0.2, 0) is 17.9 Å². The molecule has 0 bridgehead atoms. The van der Waals surface area contributed by atoms with Crippen molar-refractivity contribution in [3.63, 3.8) is 0 Å². The molecule has 0 aliphatic carbocycles. The lowest BCUT2D eigenvalue weighted by molar-refractivity contribution is -0.114. The second kappa shape index (κ2) is 6.78. The molecule has 8 heteroatoms. The highest BCUT2D eigenvalue weighted by molar-refractivity contribution is 5.89. The van der Waals surface area contributed by atoms with Crippen LogP contribution in [0.5, 0.6) is 0 Å². The third kappa shape index (κ3) is 3.98. The van der Waals surface area contributed by atoms with Gasteiger partial charge in [-0.1, -0.05) is 6.92 Å². The van der Waals surface area contributed by atoms with Crippen molar-refractivity contribution in [3.05, 3.63) is 29.8 Å². The van der Waals surface area contributed by atoms with E-state index in [2.05, 4.69) is 26.2 Å². The molecule has 1 aromatic heterocycles. The van der Waals surface area contributed by atoms with Gasteiger partial charge in [0, 0.05) is 19.2 Å². The summed E-state index contributed by atoms with van der Waals surface area (Å²) in [6, 6.07) is 4.33. The SMILES string of the molecule is CCCn1nnnc1CNc1cc(NC(C)=O)ccc1F. The maximum absolute atomic E-state index is 13.8. The van der Waals surface area contributed by atoms with E-state index in [9.17, 15) is 9.18 Å². The smallest absolute Gasteiger partial charge is 0.221 e. The number of benzene rings is 1. The largest absolute Gasteiger partial charge is 0.375 e. The molecule has 1 amide bonds. The lowest BCUT2D eigenvalue weighted by Crippen LogP contribution is -2.11. The topological polar surface area (TPSA) is 84.7 Å². The molecule has 0 saturated heterocycles. The first-order chi connectivity index (χ1) is 10.1. The van der Waals surface area contributed by atoms with E-state index in [1.54, 1.807) is 4.68 Å². The summed E-state index contributed by atoms with van der Waals surface area (Å²) >= 11 is 0. The first-order valence-corrected chi connectivity index (χ1v) is 6.66. The number of hydrogen-bond acceptors (Lipinski definition) is 5. The standard InChI is InChI=1S/C13H17FN6O/c1-3-6-20-13(17-18-19-20)8-15-12-7-10(16-9(2)21)4-5-11(12)14/h4-5,7,15H,3,6,8H2,1-2H3,(H,16,21). The lowest BCUT2D eigenvalue weighted by Gasteiger charge is -2.10. The molecule has 2 rings (SSSR count). The minimum absolute atomic E-state index is 0.209. The Kier molecular flexibility index (Phi) is 4.81. The van der Waals surface area contributed by atoms with Crippen LogP contribution in [0, 0.1) is 5.82 Å². The summed E-state index contributed by atoms with van der Waals surface area (Å²) in [5, 5.41) is 16.9. The minimum Gasteiger partial charge on any atom is -0.375 e. The normalized spacial score (nSPS) is 10.4. The molecular weight excluding hydrogens is 275 g/mol. The van der Waals surface area contributed by atoms with Gasteiger partial charge in [-0.05, 0) is 35.0 Å². The van der Waals surface area contributed by atoms with Crippen molar-refractivity contribution in [2.75, 3.05) is 10.6 Å². The van der Waals surface area contributed by atoms with E-state index < -0.39 is 5.82 Å². The van der Waals surface area contributed by atoms with Gasteiger partial charge in [-0.3, -0.25) is 4.79 Å². The molecule has 21 heavy (non-hydrogen) atoms. The molecule has 0 saturated carbocycles. The Balaban J connectivity index is 2.08. The van der Waals surface area contributed by atoms with Gasteiger partial charge in [-0.25, -0.2) is 9.07 Å². The summed E-state index contributed by atoms with van der Waals surface area (Å²) in [4.78, 5) is 11.0. The van der Waals surface area contributed by atoms with Crippen molar-refractivity contribution in [1.29, 1.82) is 0 Å². The lowest BCUT2D eigenvalue weighted by atomic mass is 10.2. The molecule has 7 nitrogen and oxygen atoms in total. The molecule has 0 atom stereocenters. The maximum Gasteiger partial charge on any atom is 0.221 e. The van der Waals surface area contributed by atoms with E-state index in [0.717, 1.165) is 6.42 Å². The molecule has 0 spiro atoms. The summed E-state index contributed by atoms with van der Waals surface area (Å²) in [5.74, 6) is 0.0132. The molecule has 2 aromatic rings. The van der Waals surface area contributed by atoms with Crippen molar-refractivity contribution in [3.8, 4) is 0 Å². The van der Waals surface area contributed by atoms with Crippen LogP contribution in [-0.4, -0.2) is 26.1 Å². The number of aromatic nitrogens is 4. The fourth-order valence-electron chi connectivity index (χ4n) is 1.85. The molecule has 1 aromatic carbocycles. The molecule has 0 aliphatic rings. The van der Waals surface area contributed by atoms with Crippen LogP contribution < -0.4 is 10.6 Å². The first kappa shape index (κ1) is 14.9. The second-order valence-corrected chi connectivity index (χ2v) is 4.55. The molecule has 0 aliphatic heterocycles. The summed E-state index contributed by atoms with van der Waals surface area (Å²) in [7, 11) is 0. The third-order valence-electron chi connectivity index (χ3n) is 2.77. The van der Waals surface area contributed by atoms with Gasteiger partial charge < -0.3 is 10.6 Å². The molecule has 0 radical (unpaired) electrons. The number of nitrogens with one attached hydrogen (secondary N) is 2. The zero-order valence-corrected chi connectivity index (χ0v) is 11.9. The average Bonchev–Trinajstić information content (AvgIpc) is 2.87. The van der Waals surface area contributed by atoms with Gasteiger partial charge in [0.1, 0.15) is 5.82 Å². The Labute approximate surface area is 121 Å². The molecule has 1 heterocycles. The monoisotopic (exact) mass is 292 g/mol. The summed E-state index contributed by atoms with van der Waals surface area (Å²) in [6.07, 6.45) is 0.907. The Hall–Kier alpha value is -2.51. The quantitative estimate of drug-likeness (QED) is 0.848. The number of carbonyl (C=O) groups is 1. The second-order valence-electron chi connectivity index (χ2n) is 4.55. The predicted molar refractivity (Wildman–Crippen MR) is 76.1 cm³/mol. The number of nitrogens with zero attached hydrogens (tertiary/aromatic N) is 4. The van der Waals surface area contributed by atoms with Gasteiger partial charge in [-0.15, -0.1) is 5.10 Å². The maximum atomic E-state index is 13.8. The van der Waals surface area contributed by atoms with Crippen molar-refractivity contribution >= 4 is 17.3 Å². The fraction of sp³-hybridized carbons (Fsp3) is 0.385. The number of tetrazole rings is 1. The van der Waals surface area contributed by atoms with Gasteiger partial charge in [0.2, 0.25) is 5.91 Å². The van der Waals surface area contributed by atoms with Crippen molar-refractivity contribution in [1.82, 2.24) is 20.2 Å². The Morgan fingerprint density at radius 3 is 2.95 bits per heavy atom. The van der Waals surface area contributed by atoms with Crippen LogP contribution in [0.1, 0.15) is 26.1 Å². The van der Waals surface area contributed by atoms with E-state index in [0.29, 0.717) is 24.6 Å². The van der Waals surface area contributed by atoms with Crippen LogP contribution >= 0.6 is 0 Å². The molecular formula is C13H17FN6O. The van der Waals surface area contributed by atoms with E-state index in [1.807, 2.05) is 6.92 Å². The van der Waals surface area contributed by atoms with E-state index in [1.165, 1.54) is 25.1 Å². The van der Waals surface area contributed by atoms with Crippen molar-refractivity contribution in [2.24, 2.45) is 0 Å². The number of aryl methyl sites for hydroxylation is 1. The fourth-order valence-corrected chi connectivity index (χ4v) is 1.85. The first-order valence-electron chi connectivity index (χ1n) is 6.66. The highest BCUT2D eigenvalue weighted by Gasteiger charge is 2.08. The van der Waals surface area contributed by atoms with Crippen molar-refractivity contribution in [2.45, 2.75) is 33.4 Å². The zero-order valence-electron chi connectivity index (χ0n) is 11.9. The van der Waals surface area contributed by atoms with Gasteiger partial charge >= 0.3 is 0 Å². The molecule has 0 fully saturated rings. The third-order valence-corrected chi connectivity index (χ3v) is 2.77. The number of halogens is 1. The van der Waals surface area contributed by atoms with Crippen LogP contribution in [0.2, 0.25) is 0 Å². The predicted octanol–water partition coefficient (Wildman–Crippen LogP) is 1.79. The van der Waals surface area contributed by atoms with Crippen LogP contribution in [0.3, 0.4) is 0 Å². The zero-order chi connectivity index (χ0) is 15.2. The number of anilines is 2. The summed E-state index contributed by atoms with van der Waals surface area (Å²) < 4.78 is 15.4. The number of rotatable bonds is 6. The molecule has 112 valence electrons. The highest BCUT2D eigenvalue weighted by atomic mass is 19.1. The van der Waals surface area contributed by atoms with Gasteiger partial charge in [0.05, 0.1) is 12.2 Å². The number of carbonyl (C=O) groups excluding carboxylic acids is 1. The highest BCUT2D eigenvalue weighted by Crippen LogP contribution is 2.20. The van der Waals surface area contributed by atoms with E-state index in [-0.39, 0.29) is 11.6 Å². The van der Waals surface area contributed by atoms with E-state index >= 15 is 0 Å². The van der Waals surface area contributed by atoms with Crippen molar-refractivity contribution < 1.29 is 9.18 Å². The van der Waals surface area contributed by atoms with Crippen LogP contribution in [0.15, 0.2) is 18.2 Å². The van der Waals surface area contributed by atoms with E-state index in [4.69, 9.17) is 0 Å². The minimum atomic E-state index is -0.404. The summed E-state index contributed by atoms with van der Waals surface area (Å²) in [6.45, 7) is 4.43. The number of hydrogen-bond donors (Lipinski definition) is 2. The van der Waals surface area contributed by atoms with Gasteiger partial charge in [0.15, 0.2) is 5.82 Å². The Morgan fingerprint density at radius 1 is 1.43 bits per heavy atom. The van der Waals surface area contributed by atoms with Crippen LogP contribution in [0.25, 0.3) is 0 Å².